The smallest absolute Gasteiger partial charge is 0.227 e. The van der Waals surface area contributed by atoms with Crippen LogP contribution in [0.15, 0.2) is 24.3 Å². The van der Waals surface area contributed by atoms with Gasteiger partial charge in [0.05, 0.1) is 13.5 Å². The van der Waals surface area contributed by atoms with E-state index in [9.17, 15) is 9.59 Å². The zero-order valence-corrected chi connectivity index (χ0v) is 17.4. The molecule has 2 heterocycles. The summed E-state index contributed by atoms with van der Waals surface area (Å²) < 4.78 is 5.27. The number of hydrogen-bond donors (Lipinski definition) is 0. The highest BCUT2D eigenvalue weighted by molar-refractivity contribution is 5.79. The molecule has 1 unspecified atom stereocenters. The summed E-state index contributed by atoms with van der Waals surface area (Å²) in [5.41, 5.74) is 1.04. The summed E-state index contributed by atoms with van der Waals surface area (Å²) >= 11 is 0. The standard InChI is InChI=1S/C22H33N3O3/c1-23(2)12-13-25-17-22(10-8-20(25)26)9-5-11-24(16-22)21(27)15-18-6-4-7-19(14-18)28-3/h4,6-7,14H,5,8-13,15-17H2,1-3H3. The second-order valence-electron chi connectivity index (χ2n) is 8.57. The van der Waals surface area contributed by atoms with E-state index >= 15 is 0 Å². The van der Waals surface area contributed by atoms with Crippen molar-refractivity contribution in [1.29, 1.82) is 0 Å². The van der Waals surface area contributed by atoms with E-state index in [1.165, 1.54) is 0 Å². The molecule has 3 rings (SSSR count). The molecule has 2 aliphatic rings. The van der Waals surface area contributed by atoms with Crippen LogP contribution in [0.1, 0.15) is 31.2 Å². The third-order valence-corrected chi connectivity index (χ3v) is 6.07. The molecular weight excluding hydrogens is 354 g/mol. The van der Waals surface area contributed by atoms with E-state index in [-0.39, 0.29) is 17.2 Å². The van der Waals surface area contributed by atoms with E-state index in [0.717, 1.165) is 63.3 Å². The Balaban J connectivity index is 1.63. The summed E-state index contributed by atoms with van der Waals surface area (Å²) in [5, 5.41) is 0. The molecule has 2 aliphatic heterocycles. The van der Waals surface area contributed by atoms with Gasteiger partial charge in [-0.25, -0.2) is 0 Å². The monoisotopic (exact) mass is 387 g/mol. The number of likely N-dealkylation sites (N-methyl/N-ethyl adjacent to an activating group) is 1. The molecule has 2 saturated heterocycles. The van der Waals surface area contributed by atoms with Crippen LogP contribution in [0.2, 0.25) is 0 Å². The van der Waals surface area contributed by atoms with Gasteiger partial charge in [-0.3, -0.25) is 9.59 Å². The van der Waals surface area contributed by atoms with Gasteiger partial charge in [-0.1, -0.05) is 12.1 Å². The lowest BCUT2D eigenvalue weighted by molar-refractivity contribution is -0.142. The van der Waals surface area contributed by atoms with Crippen molar-refractivity contribution < 1.29 is 14.3 Å². The van der Waals surface area contributed by atoms with E-state index in [1.54, 1.807) is 7.11 Å². The van der Waals surface area contributed by atoms with Crippen molar-refractivity contribution in [2.75, 3.05) is 53.9 Å². The minimum Gasteiger partial charge on any atom is -0.497 e. The van der Waals surface area contributed by atoms with E-state index in [0.29, 0.717) is 12.8 Å². The van der Waals surface area contributed by atoms with Crippen molar-refractivity contribution in [1.82, 2.24) is 14.7 Å². The van der Waals surface area contributed by atoms with Crippen LogP contribution in [0.25, 0.3) is 0 Å². The van der Waals surface area contributed by atoms with Crippen molar-refractivity contribution in [3.05, 3.63) is 29.8 Å². The van der Waals surface area contributed by atoms with Crippen molar-refractivity contribution >= 4 is 11.8 Å². The van der Waals surface area contributed by atoms with Crippen molar-refractivity contribution in [2.45, 2.75) is 32.1 Å². The molecule has 2 amide bonds. The number of likely N-dealkylation sites (tertiary alicyclic amines) is 2. The third-order valence-electron chi connectivity index (χ3n) is 6.07. The van der Waals surface area contributed by atoms with Crippen molar-refractivity contribution in [2.24, 2.45) is 5.41 Å². The number of nitrogens with zero attached hydrogens (tertiary/aromatic N) is 3. The number of methoxy groups -OCH3 is 1. The molecule has 28 heavy (non-hydrogen) atoms. The summed E-state index contributed by atoms with van der Waals surface area (Å²) in [7, 11) is 5.70. The van der Waals surface area contributed by atoms with E-state index < -0.39 is 0 Å². The van der Waals surface area contributed by atoms with Crippen LogP contribution in [0, 0.1) is 5.41 Å². The molecule has 6 heteroatoms. The molecule has 2 fully saturated rings. The topological polar surface area (TPSA) is 53.1 Å². The molecular formula is C22H33N3O3. The quantitative estimate of drug-likeness (QED) is 0.750. The predicted molar refractivity (Wildman–Crippen MR) is 109 cm³/mol. The SMILES string of the molecule is COc1cccc(CC(=O)N2CCCC3(CCC(=O)N(CCN(C)C)C3)C2)c1. The maximum absolute atomic E-state index is 13.0. The second-order valence-corrected chi connectivity index (χ2v) is 8.57. The van der Waals surface area contributed by atoms with Crippen LogP contribution in [-0.2, 0) is 16.0 Å². The predicted octanol–water partition coefficient (Wildman–Crippen LogP) is 2.03. The summed E-state index contributed by atoms with van der Waals surface area (Å²) in [6, 6.07) is 7.72. The van der Waals surface area contributed by atoms with Gasteiger partial charge in [-0.05, 0) is 51.1 Å². The van der Waals surface area contributed by atoms with Crippen LogP contribution in [-0.4, -0.2) is 80.4 Å². The Hall–Kier alpha value is -2.08. The molecule has 1 aromatic carbocycles. The highest BCUT2D eigenvalue weighted by atomic mass is 16.5. The van der Waals surface area contributed by atoms with Crippen LogP contribution < -0.4 is 4.74 Å². The maximum Gasteiger partial charge on any atom is 0.227 e. The molecule has 0 aromatic heterocycles. The largest absolute Gasteiger partial charge is 0.497 e. The Kier molecular flexibility index (Phi) is 6.60. The maximum atomic E-state index is 13.0. The molecule has 1 aromatic rings. The van der Waals surface area contributed by atoms with E-state index in [1.807, 2.05) is 48.2 Å². The number of ether oxygens (including phenoxy) is 1. The van der Waals surface area contributed by atoms with Gasteiger partial charge in [-0.15, -0.1) is 0 Å². The van der Waals surface area contributed by atoms with Crippen molar-refractivity contribution in [3.63, 3.8) is 0 Å². The number of benzene rings is 1. The molecule has 0 bridgehead atoms. The first-order chi connectivity index (χ1) is 13.4. The average Bonchev–Trinajstić information content (AvgIpc) is 2.69. The first-order valence-corrected chi connectivity index (χ1v) is 10.2. The molecule has 0 aliphatic carbocycles. The van der Waals surface area contributed by atoms with E-state index in [4.69, 9.17) is 4.74 Å². The Morgan fingerprint density at radius 3 is 2.82 bits per heavy atom. The highest BCUT2D eigenvalue weighted by Crippen LogP contribution is 2.39. The molecule has 1 atom stereocenters. The number of piperidine rings is 2. The van der Waals surface area contributed by atoms with E-state index in [2.05, 4.69) is 4.90 Å². The lowest BCUT2D eigenvalue weighted by Gasteiger charge is -2.48. The van der Waals surface area contributed by atoms with Gasteiger partial charge >= 0.3 is 0 Å². The van der Waals surface area contributed by atoms with Gasteiger partial charge in [0.1, 0.15) is 5.75 Å². The molecule has 0 saturated carbocycles. The van der Waals surface area contributed by atoms with Gasteiger partial charge < -0.3 is 19.4 Å². The number of carbonyl (C=O) groups excluding carboxylic acids is 2. The molecule has 0 radical (unpaired) electrons. The molecule has 1 spiro atoms. The average molecular weight is 388 g/mol. The zero-order chi connectivity index (χ0) is 20.1. The third kappa shape index (κ3) is 5.04. The number of rotatable bonds is 6. The van der Waals surface area contributed by atoms with Crippen LogP contribution in [0.4, 0.5) is 0 Å². The minimum atomic E-state index is 0.0580. The van der Waals surface area contributed by atoms with Crippen LogP contribution >= 0.6 is 0 Å². The summed E-state index contributed by atoms with van der Waals surface area (Å²) in [5.74, 6) is 1.21. The van der Waals surface area contributed by atoms with Gasteiger partial charge in [0, 0.05) is 44.6 Å². The first-order valence-electron chi connectivity index (χ1n) is 10.2. The lowest BCUT2D eigenvalue weighted by atomic mass is 9.73. The number of hydrogen-bond acceptors (Lipinski definition) is 4. The number of carbonyl (C=O) groups is 2. The van der Waals surface area contributed by atoms with Crippen LogP contribution in [0.5, 0.6) is 5.75 Å². The van der Waals surface area contributed by atoms with Gasteiger partial charge in [0.15, 0.2) is 0 Å². The van der Waals surface area contributed by atoms with Crippen LogP contribution in [0.3, 0.4) is 0 Å². The Bertz CT molecular complexity index is 706. The number of amides is 2. The molecule has 6 nitrogen and oxygen atoms in total. The lowest BCUT2D eigenvalue weighted by Crippen LogP contribution is -2.56. The fraction of sp³-hybridized carbons (Fsp3) is 0.636. The van der Waals surface area contributed by atoms with Gasteiger partial charge in [-0.2, -0.15) is 0 Å². The van der Waals surface area contributed by atoms with Crippen molar-refractivity contribution in [3.8, 4) is 5.75 Å². The Labute approximate surface area is 168 Å². The fourth-order valence-corrected chi connectivity index (χ4v) is 4.45. The minimum absolute atomic E-state index is 0.0580. The summed E-state index contributed by atoms with van der Waals surface area (Å²) in [4.78, 5) is 31.5. The first kappa shape index (κ1) is 20.6. The highest BCUT2D eigenvalue weighted by Gasteiger charge is 2.42. The second kappa shape index (κ2) is 8.95. The van der Waals surface area contributed by atoms with Gasteiger partial charge in [0.25, 0.3) is 0 Å². The fourth-order valence-electron chi connectivity index (χ4n) is 4.45. The Morgan fingerprint density at radius 2 is 2.07 bits per heavy atom. The summed E-state index contributed by atoms with van der Waals surface area (Å²) in [6.07, 6.45) is 4.01. The zero-order valence-electron chi connectivity index (χ0n) is 17.4. The normalized spacial score (nSPS) is 22.8. The Morgan fingerprint density at radius 1 is 1.25 bits per heavy atom. The molecule has 154 valence electrons. The summed E-state index contributed by atoms with van der Waals surface area (Å²) in [6.45, 7) is 4.01. The van der Waals surface area contributed by atoms with Gasteiger partial charge in [0.2, 0.25) is 11.8 Å². The molecule has 0 N–H and O–H groups in total.